The van der Waals surface area contributed by atoms with Gasteiger partial charge in [-0.1, -0.05) is 50.5 Å². The summed E-state index contributed by atoms with van der Waals surface area (Å²) in [5.74, 6) is -1.25. The molecule has 33 heavy (non-hydrogen) atoms. The molecule has 1 heterocycles. The molecule has 0 bridgehead atoms. The molecular weight excluding hydrogens is 426 g/mol. The van der Waals surface area contributed by atoms with Crippen LogP contribution in [0.3, 0.4) is 0 Å². The number of nitrogen functional groups attached to an aromatic ring is 1. The summed E-state index contributed by atoms with van der Waals surface area (Å²) in [5.41, 5.74) is 6.83. The van der Waals surface area contributed by atoms with Crippen molar-refractivity contribution in [1.29, 1.82) is 0 Å². The van der Waals surface area contributed by atoms with E-state index < -0.39 is 11.3 Å². The molecule has 178 valence electrons. The Morgan fingerprint density at radius 3 is 2.33 bits per heavy atom. The van der Waals surface area contributed by atoms with Gasteiger partial charge in [0.1, 0.15) is 5.82 Å². The van der Waals surface area contributed by atoms with E-state index in [0.717, 1.165) is 29.8 Å². The van der Waals surface area contributed by atoms with E-state index in [4.69, 9.17) is 5.73 Å². The number of nitrogens with two attached hydrogens (primary N) is 1. The van der Waals surface area contributed by atoms with E-state index >= 15 is 0 Å². The molecule has 0 aliphatic heterocycles. The minimum Gasteiger partial charge on any atom is -0.368 e. The molecular formula is C24H32F2N6O. The van der Waals surface area contributed by atoms with E-state index in [1.165, 1.54) is 19.3 Å². The Morgan fingerprint density at radius 2 is 1.70 bits per heavy atom. The third kappa shape index (κ3) is 5.94. The van der Waals surface area contributed by atoms with Crippen molar-refractivity contribution in [1.82, 2.24) is 20.3 Å². The molecule has 0 radical (unpaired) electrons. The molecule has 7 nitrogen and oxygen atoms in total. The largest absolute Gasteiger partial charge is 0.368 e. The Bertz CT molecular complexity index is 977. The van der Waals surface area contributed by atoms with Crippen molar-refractivity contribution in [2.24, 2.45) is 5.41 Å². The number of anilines is 2. The number of rotatable bonds is 7. The summed E-state index contributed by atoms with van der Waals surface area (Å²) < 4.78 is 27.1. The quantitative estimate of drug-likeness (QED) is 0.562. The molecule has 1 unspecified atom stereocenters. The molecule has 2 aliphatic rings. The highest BCUT2D eigenvalue weighted by molar-refractivity contribution is 5.82. The molecule has 2 saturated carbocycles. The summed E-state index contributed by atoms with van der Waals surface area (Å²) in [6, 6.07) is 7.73. The third-order valence-electron chi connectivity index (χ3n) is 6.81. The monoisotopic (exact) mass is 458 g/mol. The van der Waals surface area contributed by atoms with Crippen molar-refractivity contribution >= 4 is 17.8 Å². The SMILES string of the molecule is CC1(C(=O)NCc2ccc(CNc3nc(N)nc(C4CCCCC4)n3)cc2)CCC(F)(F)C1. The Balaban J connectivity index is 1.29. The molecule has 2 aromatic rings. The minimum atomic E-state index is -2.75. The number of halogens is 2. The highest BCUT2D eigenvalue weighted by Crippen LogP contribution is 2.47. The van der Waals surface area contributed by atoms with Crippen LogP contribution in [0.15, 0.2) is 24.3 Å². The van der Waals surface area contributed by atoms with Gasteiger partial charge in [-0.2, -0.15) is 15.0 Å². The first-order valence-corrected chi connectivity index (χ1v) is 11.7. The van der Waals surface area contributed by atoms with Gasteiger partial charge < -0.3 is 16.4 Å². The molecule has 2 aliphatic carbocycles. The second-order valence-electron chi connectivity index (χ2n) is 9.66. The predicted molar refractivity (Wildman–Crippen MR) is 123 cm³/mol. The van der Waals surface area contributed by atoms with Crippen molar-refractivity contribution in [3.8, 4) is 0 Å². The number of aromatic nitrogens is 3. The van der Waals surface area contributed by atoms with Gasteiger partial charge in [-0.25, -0.2) is 8.78 Å². The third-order valence-corrected chi connectivity index (χ3v) is 6.81. The molecule has 1 atom stereocenters. The van der Waals surface area contributed by atoms with Gasteiger partial charge in [-0.3, -0.25) is 4.79 Å². The van der Waals surface area contributed by atoms with Gasteiger partial charge in [0.2, 0.25) is 23.7 Å². The van der Waals surface area contributed by atoms with Crippen molar-refractivity contribution in [2.75, 3.05) is 11.1 Å². The van der Waals surface area contributed by atoms with Crippen LogP contribution in [0.25, 0.3) is 0 Å². The van der Waals surface area contributed by atoms with Crippen LogP contribution in [0.4, 0.5) is 20.7 Å². The molecule has 0 saturated heterocycles. The number of hydrogen-bond acceptors (Lipinski definition) is 6. The van der Waals surface area contributed by atoms with Gasteiger partial charge in [0.05, 0.1) is 5.41 Å². The van der Waals surface area contributed by atoms with E-state index in [9.17, 15) is 13.6 Å². The lowest BCUT2D eigenvalue weighted by molar-refractivity contribution is -0.131. The lowest BCUT2D eigenvalue weighted by Gasteiger charge is -2.22. The maximum Gasteiger partial charge on any atom is 0.249 e. The second kappa shape index (κ2) is 9.57. The van der Waals surface area contributed by atoms with Gasteiger partial charge in [0, 0.05) is 31.8 Å². The summed E-state index contributed by atoms with van der Waals surface area (Å²) in [6.07, 6.45) is 5.41. The fraction of sp³-hybridized carbons (Fsp3) is 0.583. The normalized spacial score (nSPS) is 22.8. The van der Waals surface area contributed by atoms with Crippen molar-refractivity contribution < 1.29 is 13.6 Å². The highest BCUT2D eigenvalue weighted by Gasteiger charge is 2.50. The summed E-state index contributed by atoms with van der Waals surface area (Å²) in [6.45, 7) is 2.45. The number of amides is 1. The van der Waals surface area contributed by atoms with E-state index in [1.807, 2.05) is 24.3 Å². The van der Waals surface area contributed by atoms with Gasteiger partial charge in [0.25, 0.3) is 0 Å². The molecule has 1 amide bonds. The Kier molecular flexibility index (Phi) is 6.76. The molecule has 4 rings (SSSR count). The molecule has 4 N–H and O–H groups in total. The maximum atomic E-state index is 13.5. The summed E-state index contributed by atoms with van der Waals surface area (Å²) in [7, 11) is 0. The predicted octanol–water partition coefficient (Wildman–Crippen LogP) is 4.56. The Labute approximate surface area is 193 Å². The van der Waals surface area contributed by atoms with Gasteiger partial charge in [-0.05, 0) is 30.4 Å². The summed E-state index contributed by atoms with van der Waals surface area (Å²) >= 11 is 0. The lowest BCUT2D eigenvalue weighted by Crippen LogP contribution is -2.37. The van der Waals surface area contributed by atoms with Gasteiger partial charge in [0.15, 0.2) is 0 Å². The fourth-order valence-electron chi connectivity index (χ4n) is 4.78. The van der Waals surface area contributed by atoms with Crippen LogP contribution in [0.2, 0.25) is 0 Å². The van der Waals surface area contributed by atoms with Crippen molar-refractivity contribution in [3.63, 3.8) is 0 Å². The lowest BCUT2D eigenvalue weighted by atomic mass is 9.87. The van der Waals surface area contributed by atoms with E-state index in [0.29, 0.717) is 25.0 Å². The number of alkyl halides is 2. The average Bonchev–Trinajstić information content (AvgIpc) is 3.10. The first-order valence-electron chi connectivity index (χ1n) is 11.7. The summed E-state index contributed by atoms with van der Waals surface area (Å²) in [5, 5.41) is 6.03. The molecule has 1 aromatic carbocycles. The first-order chi connectivity index (χ1) is 15.7. The van der Waals surface area contributed by atoms with Crippen LogP contribution in [-0.4, -0.2) is 26.8 Å². The first kappa shape index (κ1) is 23.3. The standard InChI is InChI=1S/C24H32F2N6O/c1-23(11-12-24(25,26)15-23)20(33)28-13-16-7-9-17(10-8-16)14-29-22-31-19(30-21(27)32-22)18-5-3-2-4-6-18/h7-10,18H,2-6,11-15H2,1H3,(H,28,33)(H3,27,29,30,31,32). The van der Waals surface area contributed by atoms with Crippen LogP contribution < -0.4 is 16.4 Å². The van der Waals surface area contributed by atoms with Crippen LogP contribution in [-0.2, 0) is 17.9 Å². The zero-order valence-corrected chi connectivity index (χ0v) is 19.0. The van der Waals surface area contributed by atoms with Crippen LogP contribution in [0.5, 0.6) is 0 Å². The van der Waals surface area contributed by atoms with Gasteiger partial charge in [-0.15, -0.1) is 0 Å². The maximum absolute atomic E-state index is 13.5. The number of nitrogens with one attached hydrogen (secondary N) is 2. The van der Waals surface area contributed by atoms with E-state index in [-0.39, 0.29) is 31.1 Å². The number of carbonyl (C=O) groups excluding carboxylic acids is 1. The van der Waals surface area contributed by atoms with E-state index in [1.54, 1.807) is 6.92 Å². The zero-order chi connectivity index (χ0) is 23.5. The Morgan fingerprint density at radius 1 is 1.03 bits per heavy atom. The second-order valence-corrected chi connectivity index (χ2v) is 9.66. The van der Waals surface area contributed by atoms with Crippen molar-refractivity contribution in [3.05, 3.63) is 41.2 Å². The number of nitrogens with zero attached hydrogens (tertiary/aromatic N) is 3. The zero-order valence-electron chi connectivity index (χ0n) is 19.0. The smallest absolute Gasteiger partial charge is 0.249 e. The summed E-state index contributed by atoms with van der Waals surface area (Å²) in [4.78, 5) is 25.6. The molecule has 2 fully saturated rings. The minimum absolute atomic E-state index is 0.209. The van der Waals surface area contributed by atoms with Crippen molar-refractivity contribution in [2.45, 2.75) is 83.2 Å². The van der Waals surface area contributed by atoms with Crippen LogP contribution in [0, 0.1) is 5.41 Å². The fourth-order valence-corrected chi connectivity index (χ4v) is 4.78. The topological polar surface area (TPSA) is 106 Å². The van der Waals surface area contributed by atoms with Crippen LogP contribution in [0.1, 0.15) is 81.2 Å². The molecule has 9 heteroatoms. The number of hydrogen-bond donors (Lipinski definition) is 3. The highest BCUT2D eigenvalue weighted by atomic mass is 19.3. The number of carbonyl (C=O) groups is 1. The van der Waals surface area contributed by atoms with Gasteiger partial charge >= 0.3 is 0 Å². The average molecular weight is 459 g/mol. The molecule has 0 spiro atoms. The van der Waals surface area contributed by atoms with Crippen LogP contribution >= 0.6 is 0 Å². The number of benzene rings is 1. The van der Waals surface area contributed by atoms with E-state index in [2.05, 4.69) is 25.6 Å². The Hall–Kier alpha value is -2.84. The molecule has 1 aromatic heterocycles.